The number of benzene rings is 1. The van der Waals surface area contributed by atoms with Gasteiger partial charge in [0.2, 0.25) is 0 Å². The van der Waals surface area contributed by atoms with Gasteiger partial charge in [-0.05, 0) is 50.9 Å². The molecule has 0 bridgehead atoms. The fourth-order valence-electron chi connectivity index (χ4n) is 3.56. The number of hydrogen-bond acceptors (Lipinski definition) is 3. The normalized spacial score (nSPS) is 16.4. The van der Waals surface area contributed by atoms with E-state index in [9.17, 15) is 0 Å². The highest BCUT2D eigenvalue weighted by Crippen LogP contribution is 2.25. The van der Waals surface area contributed by atoms with Gasteiger partial charge in [-0.3, -0.25) is 14.6 Å². The monoisotopic (exact) mass is 368 g/mol. The lowest BCUT2D eigenvalue weighted by Gasteiger charge is -2.27. The largest absolute Gasteiger partial charge is 0.357 e. The third-order valence-corrected chi connectivity index (χ3v) is 4.93. The van der Waals surface area contributed by atoms with Crippen LogP contribution in [-0.4, -0.2) is 53.4 Å². The number of aromatic nitrogens is 2. The van der Waals surface area contributed by atoms with E-state index < -0.39 is 0 Å². The maximum absolute atomic E-state index is 4.89. The van der Waals surface area contributed by atoms with Gasteiger partial charge in [-0.2, -0.15) is 5.10 Å². The van der Waals surface area contributed by atoms with Gasteiger partial charge in [0, 0.05) is 19.3 Å². The summed E-state index contributed by atoms with van der Waals surface area (Å²) in [7, 11) is 0. The fraction of sp³-hybridized carbons (Fsp3) is 0.524. The Morgan fingerprint density at radius 3 is 2.63 bits per heavy atom. The molecule has 2 aromatic rings. The smallest absolute Gasteiger partial charge is 0.191 e. The lowest BCUT2D eigenvalue weighted by atomic mass is 10.1. The van der Waals surface area contributed by atoms with E-state index >= 15 is 0 Å². The Morgan fingerprint density at radius 1 is 1.19 bits per heavy atom. The predicted octanol–water partition coefficient (Wildman–Crippen LogP) is 2.58. The second-order valence-corrected chi connectivity index (χ2v) is 7.10. The fourth-order valence-corrected chi connectivity index (χ4v) is 3.56. The highest BCUT2D eigenvalue weighted by Gasteiger charge is 2.23. The number of nitrogens with zero attached hydrogens (tertiary/aromatic N) is 4. The summed E-state index contributed by atoms with van der Waals surface area (Å²) in [5.74, 6) is 0.876. The van der Waals surface area contributed by atoms with Gasteiger partial charge in [-0.15, -0.1) is 0 Å². The van der Waals surface area contributed by atoms with E-state index in [4.69, 9.17) is 4.99 Å². The Bertz CT molecular complexity index is 702. The van der Waals surface area contributed by atoms with E-state index in [1.54, 1.807) is 0 Å². The van der Waals surface area contributed by atoms with Crippen LogP contribution in [0.4, 0.5) is 0 Å². The average molecular weight is 369 g/mol. The second-order valence-electron chi connectivity index (χ2n) is 7.10. The molecule has 1 atom stereocenters. The van der Waals surface area contributed by atoms with Gasteiger partial charge in [-0.25, -0.2) is 0 Å². The van der Waals surface area contributed by atoms with Crippen molar-refractivity contribution < 1.29 is 0 Å². The SMILES string of the molecule is CCNC(=NCC(c1ccccc1)N1CCCC1)NCCn1cc(C)cn1. The summed E-state index contributed by atoms with van der Waals surface area (Å²) in [5.41, 5.74) is 2.54. The first-order valence-corrected chi connectivity index (χ1v) is 10.1. The summed E-state index contributed by atoms with van der Waals surface area (Å²) < 4.78 is 1.96. The summed E-state index contributed by atoms with van der Waals surface area (Å²) in [4.78, 5) is 7.46. The van der Waals surface area contributed by atoms with Crippen LogP contribution >= 0.6 is 0 Å². The molecule has 0 aliphatic carbocycles. The molecule has 2 heterocycles. The van der Waals surface area contributed by atoms with E-state index in [1.807, 2.05) is 10.9 Å². The van der Waals surface area contributed by atoms with Gasteiger partial charge in [0.1, 0.15) is 0 Å². The molecule has 3 rings (SSSR count). The van der Waals surface area contributed by atoms with Crippen LogP contribution in [0.5, 0.6) is 0 Å². The molecule has 146 valence electrons. The van der Waals surface area contributed by atoms with Gasteiger partial charge >= 0.3 is 0 Å². The van der Waals surface area contributed by atoms with Crippen molar-refractivity contribution in [1.82, 2.24) is 25.3 Å². The standard InChI is InChI=1S/C21H32N6/c1-3-22-21(23-11-14-27-17-18(2)15-25-27)24-16-20(26-12-7-8-13-26)19-9-5-4-6-10-19/h4-6,9-10,15,17,20H,3,7-8,11-14,16H2,1-2H3,(H2,22,23,24). The van der Waals surface area contributed by atoms with Crippen LogP contribution in [0.15, 0.2) is 47.7 Å². The van der Waals surface area contributed by atoms with Crippen molar-refractivity contribution in [3.8, 4) is 0 Å². The van der Waals surface area contributed by atoms with Crippen molar-refractivity contribution in [2.75, 3.05) is 32.7 Å². The zero-order chi connectivity index (χ0) is 18.9. The zero-order valence-electron chi connectivity index (χ0n) is 16.6. The van der Waals surface area contributed by atoms with Crippen LogP contribution in [-0.2, 0) is 6.54 Å². The van der Waals surface area contributed by atoms with Gasteiger partial charge in [0.25, 0.3) is 0 Å². The lowest BCUT2D eigenvalue weighted by Crippen LogP contribution is -2.39. The highest BCUT2D eigenvalue weighted by atomic mass is 15.3. The maximum Gasteiger partial charge on any atom is 0.191 e. The molecule has 6 heteroatoms. The molecule has 1 aliphatic heterocycles. The minimum atomic E-state index is 0.345. The zero-order valence-corrected chi connectivity index (χ0v) is 16.6. The Labute approximate surface area is 162 Å². The number of likely N-dealkylation sites (tertiary alicyclic amines) is 1. The van der Waals surface area contributed by atoms with Gasteiger partial charge in [-0.1, -0.05) is 30.3 Å². The van der Waals surface area contributed by atoms with Crippen molar-refractivity contribution >= 4 is 5.96 Å². The first-order chi connectivity index (χ1) is 13.3. The minimum Gasteiger partial charge on any atom is -0.357 e. The van der Waals surface area contributed by atoms with Crippen LogP contribution in [0.2, 0.25) is 0 Å². The topological polar surface area (TPSA) is 57.5 Å². The Balaban J connectivity index is 1.61. The number of aliphatic imine (C=N–C) groups is 1. The molecule has 1 fully saturated rings. The first-order valence-electron chi connectivity index (χ1n) is 10.1. The minimum absolute atomic E-state index is 0.345. The molecule has 1 aromatic carbocycles. The van der Waals surface area contributed by atoms with Crippen LogP contribution in [0.3, 0.4) is 0 Å². The average Bonchev–Trinajstić information content (AvgIpc) is 3.35. The highest BCUT2D eigenvalue weighted by molar-refractivity contribution is 5.79. The lowest BCUT2D eigenvalue weighted by molar-refractivity contribution is 0.251. The Kier molecular flexibility index (Phi) is 7.27. The van der Waals surface area contributed by atoms with Crippen LogP contribution in [0.1, 0.15) is 36.9 Å². The summed E-state index contributed by atoms with van der Waals surface area (Å²) in [5, 5.41) is 11.1. The van der Waals surface area contributed by atoms with Gasteiger partial charge < -0.3 is 10.6 Å². The molecule has 0 radical (unpaired) electrons. The molecule has 0 saturated carbocycles. The molecular weight excluding hydrogens is 336 g/mol. The first kappa shape index (κ1) is 19.4. The quantitative estimate of drug-likeness (QED) is 0.555. The van der Waals surface area contributed by atoms with Crippen molar-refractivity contribution in [2.24, 2.45) is 4.99 Å². The van der Waals surface area contributed by atoms with Crippen molar-refractivity contribution in [3.63, 3.8) is 0 Å². The predicted molar refractivity (Wildman–Crippen MR) is 111 cm³/mol. The third kappa shape index (κ3) is 5.82. The van der Waals surface area contributed by atoms with Crippen molar-refractivity contribution in [3.05, 3.63) is 53.9 Å². The van der Waals surface area contributed by atoms with Crippen molar-refractivity contribution in [1.29, 1.82) is 0 Å². The number of rotatable bonds is 8. The molecule has 27 heavy (non-hydrogen) atoms. The second kappa shape index (κ2) is 10.1. The van der Waals surface area contributed by atoms with E-state index in [0.717, 1.165) is 45.2 Å². The third-order valence-electron chi connectivity index (χ3n) is 4.93. The number of guanidine groups is 1. The molecule has 1 aliphatic rings. The summed E-state index contributed by atoms with van der Waals surface area (Å²) in [6.07, 6.45) is 6.52. The Morgan fingerprint density at radius 2 is 1.96 bits per heavy atom. The van der Waals surface area contributed by atoms with E-state index in [1.165, 1.54) is 24.0 Å². The summed E-state index contributed by atoms with van der Waals surface area (Å²) >= 11 is 0. The number of hydrogen-bond donors (Lipinski definition) is 2. The molecule has 2 N–H and O–H groups in total. The molecule has 1 unspecified atom stereocenters. The molecular formula is C21H32N6. The maximum atomic E-state index is 4.89. The van der Waals surface area contributed by atoms with Gasteiger partial charge in [0.15, 0.2) is 5.96 Å². The number of nitrogens with one attached hydrogen (secondary N) is 2. The number of aryl methyl sites for hydroxylation is 1. The molecule has 0 amide bonds. The van der Waals surface area contributed by atoms with Crippen LogP contribution < -0.4 is 10.6 Å². The molecule has 6 nitrogen and oxygen atoms in total. The van der Waals surface area contributed by atoms with E-state index in [2.05, 4.69) is 71.0 Å². The molecule has 1 saturated heterocycles. The van der Waals surface area contributed by atoms with E-state index in [-0.39, 0.29) is 0 Å². The molecule has 0 spiro atoms. The van der Waals surface area contributed by atoms with Gasteiger partial charge in [0.05, 0.1) is 25.3 Å². The van der Waals surface area contributed by atoms with Crippen LogP contribution in [0, 0.1) is 6.92 Å². The summed E-state index contributed by atoms with van der Waals surface area (Å²) in [6.45, 7) is 9.73. The summed E-state index contributed by atoms with van der Waals surface area (Å²) in [6, 6.07) is 11.1. The Hall–Kier alpha value is -2.34. The van der Waals surface area contributed by atoms with E-state index in [0.29, 0.717) is 6.04 Å². The van der Waals surface area contributed by atoms with Crippen LogP contribution in [0.25, 0.3) is 0 Å². The molecule has 1 aromatic heterocycles. The van der Waals surface area contributed by atoms with Crippen molar-refractivity contribution in [2.45, 2.75) is 39.3 Å².